The van der Waals surface area contributed by atoms with Crippen LogP contribution in [-0.2, 0) is 11.3 Å². The first kappa shape index (κ1) is 12.2. The highest BCUT2D eigenvalue weighted by atomic mass is 16.5. The first-order valence-electron chi connectivity index (χ1n) is 5.15. The van der Waals surface area contributed by atoms with Crippen LogP contribution in [0.5, 0.6) is 0 Å². The van der Waals surface area contributed by atoms with E-state index in [9.17, 15) is 5.11 Å². The fourth-order valence-electron chi connectivity index (χ4n) is 1.27. The molecule has 0 aliphatic heterocycles. The smallest absolute Gasteiger partial charge is 0.0895 e. The fourth-order valence-corrected chi connectivity index (χ4v) is 1.27. The Hall–Kier alpha value is -0.900. The second-order valence-electron chi connectivity index (χ2n) is 3.82. The number of nitrogens with two attached hydrogens (primary N) is 1. The Bertz CT molecular complexity index is 312. The normalized spacial score (nSPS) is 12.8. The summed E-state index contributed by atoms with van der Waals surface area (Å²) in [5.41, 5.74) is 8.93. The van der Waals surface area contributed by atoms with Gasteiger partial charge in [0.2, 0.25) is 0 Å². The standard InChI is InChI=1S/C12H19NO2/c1-9-3-4-11(5-10(9)2)7-15-8-12(14)6-13/h3-5,12,14H,6-8,13H2,1-2H3/t12-/m1/s1. The van der Waals surface area contributed by atoms with Gasteiger partial charge in [-0.25, -0.2) is 0 Å². The average molecular weight is 209 g/mol. The number of hydrogen-bond donors (Lipinski definition) is 2. The quantitative estimate of drug-likeness (QED) is 0.764. The number of aliphatic hydroxyl groups excluding tert-OH is 1. The molecule has 0 saturated carbocycles. The van der Waals surface area contributed by atoms with Gasteiger partial charge in [0, 0.05) is 6.54 Å². The molecule has 1 rings (SSSR count). The molecule has 0 unspecified atom stereocenters. The van der Waals surface area contributed by atoms with Gasteiger partial charge in [0.1, 0.15) is 0 Å². The summed E-state index contributed by atoms with van der Waals surface area (Å²) in [5, 5.41) is 9.18. The minimum Gasteiger partial charge on any atom is -0.389 e. The molecular weight excluding hydrogens is 190 g/mol. The zero-order chi connectivity index (χ0) is 11.3. The van der Waals surface area contributed by atoms with Crippen molar-refractivity contribution in [2.24, 2.45) is 5.73 Å². The van der Waals surface area contributed by atoms with Crippen molar-refractivity contribution < 1.29 is 9.84 Å². The Kier molecular flexibility index (Phi) is 4.75. The zero-order valence-electron chi connectivity index (χ0n) is 9.36. The highest BCUT2D eigenvalue weighted by Gasteiger charge is 2.01. The summed E-state index contributed by atoms with van der Waals surface area (Å²) in [6, 6.07) is 6.22. The number of benzene rings is 1. The number of aliphatic hydroxyl groups is 1. The average Bonchev–Trinajstić information content (AvgIpc) is 2.23. The lowest BCUT2D eigenvalue weighted by molar-refractivity contribution is 0.0329. The van der Waals surface area contributed by atoms with Crippen LogP contribution in [0.2, 0.25) is 0 Å². The van der Waals surface area contributed by atoms with E-state index in [1.165, 1.54) is 11.1 Å². The Morgan fingerprint density at radius 1 is 1.33 bits per heavy atom. The molecule has 3 nitrogen and oxygen atoms in total. The van der Waals surface area contributed by atoms with Crippen LogP contribution in [-0.4, -0.2) is 24.4 Å². The Morgan fingerprint density at radius 2 is 2.07 bits per heavy atom. The van der Waals surface area contributed by atoms with Crippen LogP contribution < -0.4 is 5.73 Å². The summed E-state index contributed by atoms with van der Waals surface area (Å²) < 4.78 is 5.34. The van der Waals surface area contributed by atoms with Crippen LogP contribution in [0.25, 0.3) is 0 Å². The lowest BCUT2D eigenvalue weighted by Gasteiger charge is -2.09. The second kappa shape index (κ2) is 5.85. The number of rotatable bonds is 5. The maximum atomic E-state index is 9.18. The molecule has 0 aromatic heterocycles. The second-order valence-corrected chi connectivity index (χ2v) is 3.82. The molecule has 0 fully saturated rings. The predicted octanol–water partition coefficient (Wildman–Crippen LogP) is 1.14. The number of aryl methyl sites for hydroxylation is 2. The van der Waals surface area contributed by atoms with E-state index in [1.807, 2.05) is 6.07 Å². The highest BCUT2D eigenvalue weighted by molar-refractivity contribution is 5.29. The first-order chi connectivity index (χ1) is 7.13. The van der Waals surface area contributed by atoms with Crippen LogP contribution in [0.15, 0.2) is 18.2 Å². The van der Waals surface area contributed by atoms with E-state index in [0.29, 0.717) is 13.2 Å². The number of ether oxygens (including phenoxy) is 1. The molecule has 0 heterocycles. The summed E-state index contributed by atoms with van der Waals surface area (Å²) in [6.07, 6.45) is -0.559. The molecule has 1 aromatic rings. The Balaban J connectivity index is 2.41. The Labute approximate surface area is 90.9 Å². The van der Waals surface area contributed by atoms with Crippen LogP contribution in [0.1, 0.15) is 16.7 Å². The highest BCUT2D eigenvalue weighted by Crippen LogP contribution is 2.10. The molecular formula is C12H19NO2. The van der Waals surface area contributed by atoms with Crippen LogP contribution >= 0.6 is 0 Å². The maximum Gasteiger partial charge on any atom is 0.0895 e. The van der Waals surface area contributed by atoms with Gasteiger partial charge in [-0.05, 0) is 30.5 Å². The third-order valence-corrected chi connectivity index (χ3v) is 2.42. The van der Waals surface area contributed by atoms with Crippen molar-refractivity contribution in [1.82, 2.24) is 0 Å². The van der Waals surface area contributed by atoms with Crippen LogP contribution in [0.4, 0.5) is 0 Å². The summed E-state index contributed by atoms with van der Waals surface area (Å²) in [7, 11) is 0. The molecule has 84 valence electrons. The van der Waals surface area contributed by atoms with Gasteiger partial charge < -0.3 is 15.6 Å². The van der Waals surface area contributed by atoms with Crippen molar-refractivity contribution in [3.05, 3.63) is 34.9 Å². The zero-order valence-corrected chi connectivity index (χ0v) is 9.36. The van der Waals surface area contributed by atoms with E-state index in [1.54, 1.807) is 0 Å². The molecule has 1 atom stereocenters. The lowest BCUT2D eigenvalue weighted by atomic mass is 10.1. The van der Waals surface area contributed by atoms with Crippen LogP contribution in [0, 0.1) is 13.8 Å². The van der Waals surface area contributed by atoms with Crippen molar-refractivity contribution in [1.29, 1.82) is 0 Å². The third kappa shape index (κ3) is 4.00. The molecule has 0 aliphatic carbocycles. The van der Waals surface area contributed by atoms with Gasteiger partial charge in [0.25, 0.3) is 0 Å². The summed E-state index contributed by atoms with van der Waals surface area (Å²) in [6.45, 7) is 5.22. The third-order valence-electron chi connectivity index (χ3n) is 2.42. The van der Waals surface area contributed by atoms with Gasteiger partial charge in [0.15, 0.2) is 0 Å². The SMILES string of the molecule is Cc1ccc(COC[C@H](O)CN)cc1C. The van der Waals surface area contributed by atoms with Crippen molar-refractivity contribution in [2.75, 3.05) is 13.2 Å². The molecule has 3 N–H and O–H groups in total. The van der Waals surface area contributed by atoms with E-state index in [0.717, 1.165) is 5.56 Å². The monoisotopic (exact) mass is 209 g/mol. The van der Waals surface area contributed by atoms with Crippen molar-refractivity contribution >= 4 is 0 Å². The van der Waals surface area contributed by atoms with Gasteiger partial charge in [-0.1, -0.05) is 18.2 Å². The molecule has 0 radical (unpaired) electrons. The van der Waals surface area contributed by atoms with Crippen molar-refractivity contribution in [3.8, 4) is 0 Å². The van der Waals surface area contributed by atoms with Gasteiger partial charge in [-0.2, -0.15) is 0 Å². The van der Waals surface area contributed by atoms with Gasteiger partial charge in [-0.15, -0.1) is 0 Å². The molecule has 15 heavy (non-hydrogen) atoms. The van der Waals surface area contributed by atoms with E-state index in [2.05, 4.69) is 26.0 Å². The number of hydrogen-bond acceptors (Lipinski definition) is 3. The lowest BCUT2D eigenvalue weighted by Crippen LogP contribution is -2.24. The van der Waals surface area contributed by atoms with E-state index in [-0.39, 0.29) is 6.54 Å². The first-order valence-corrected chi connectivity index (χ1v) is 5.15. The van der Waals surface area contributed by atoms with Crippen molar-refractivity contribution in [2.45, 2.75) is 26.6 Å². The van der Waals surface area contributed by atoms with Crippen molar-refractivity contribution in [3.63, 3.8) is 0 Å². The fraction of sp³-hybridized carbons (Fsp3) is 0.500. The summed E-state index contributed by atoms with van der Waals surface area (Å²) in [4.78, 5) is 0. The molecule has 0 bridgehead atoms. The van der Waals surface area contributed by atoms with Gasteiger partial charge in [0.05, 0.1) is 19.3 Å². The minimum absolute atomic E-state index is 0.243. The molecule has 1 aromatic carbocycles. The van der Waals surface area contributed by atoms with Gasteiger partial charge >= 0.3 is 0 Å². The van der Waals surface area contributed by atoms with E-state index < -0.39 is 6.10 Å². The van der Waals surface area contributed by atoms with E-state index in [4.69, 9.17) is 10.5 Å². The maximum absolute atomic E-state index is 9.18. The molecule has 0 saturated heterocycles. The summed E-state index contributed by atoms with van der Waals surface area (Å²) in [5.74, 6) is 0. The predicted molar refractivity (Wildman–Crippen MR) is 60.6 cm³/mol. The van der Waals surface area contributed by atoms with Crippen LogP contribution in [0.3, 0.4) is 0 Å². The largest absolute Gasteiger partial charge is 0.389 e. The molecule has 0 amide bonds. The van der Waals surface area contributed by atoms with E-state index >= 15 is 0 Å². The molecule has 0 aliphatic rings. The molecule has 3 heteroatoms. The minimum atomic E-state index is -0.559. The molecule has 0 spiro atoms. The summed E-state index contributed by atoms with van der Waals surface area (Å²) >= 11 is 0. The topological polar surface area (TPSA) is 55.5 Å². The Morgan fingerprint density at radius 3 is 2.67 bits per heavy atom. The van der Waals surface area contributed by atoms with Gasteiger partial charge in [-0.3, -0.25) is 0 Å².